The molecule has 58 heavy (non-hydrogen) atoms. The van der Waals surface area contributed by atoms with Crippen molar-refractivity contribution in [2.45, 2.75) is 25.2 Å². The van der Waals surface area contributed by atoms with E-state index in [1.165, 1.54) is 24.3 Å². The number of carbonyl (C=O) groups excluding carboxylic acids is 4. The molecule has 8 nitrogen and oxygen atoms in total. The van der Waals surface area contributed by atoms with E-state index in [2.05, 4.69) is 0 Å². The van der Waals surface area contributed by atoms with Crippen molar-refractivity contribution in [1.82, 2.24) is 0 Å². The number of alkyl halides is 6. The normalized spacial score (nSPS) is 12.8. The molecular weight excluding hydrogens is 770 g/mol. The van der Waals surface area contributed by atoms with Crippen molar-refractivity contribution >= 4 is 36.0 Å². The molecule has 0 heterocycles. The average Bonchev–Trinajstić information content (AvgIpc) is 3.22. The summed E-state index contributed by atoms with van der Waals surface area (Å²) in [7, 11) is 4.64. The van der Waals surface area contributed by atoms with Crippen LogP contribution in [0.4, 0.5) is 26.3 Å². The number of carbonyl (C=O) groups is 4. The van der Waals surface area contributed by atoms with Gasteiger partial charge in [-0.1, -0.05) is 109 Å². The van der Waals surface area contributed by atoms with Crippen molar-refractivity contribution in [3.8, 4) is 0 Å². The van der Waals surface area contributed by atoms with Crippen LogP contribution in [0, 0.1) is 23.7 Å². The molecule has 0 aliphatic carbocycles. The second kappa shape index (κ2) is 21.9. The Morgan fingerprint density at radius 1 is 0.466 bits per heavy atom. The molecule has 0 saturated carbocycles. The van der Waals surface area contributed by atoms with Gasteiger partial charge in [0.2, 0.25) is 0 Å². The molecule has 0 spiro atoms. The van der Waals surface area contributed by atoms with E-state index in [4.69, 9.17) is 18.9 Å². The highest BCUT2D eigenvalue weighted by Gasteiger charge is 2.37. The molecule has 0 radical (unpaired) electrons. The van der Waals surface area contributed by atoms with Gasteiger partial charge in [0, 0.05) is 11.8 Å². The van der Waals surface area contributed by atoms with Crippen molar-refractivity contribution < 1.29 is 64.5 Å². The molecule has 4 rings (SSSR count). The highest BCUT2D eigenvalue weighted by atomic mass is 19.4. The van der Waals surface area contributed by atoms with E-state index < -0.39 is 71.0 Å². The smallest absolute Gasteiger partial charge is 0.416 e. The van der Waals surface area contributed by atoms with E-state index in [0.29, 0.717) is 11.1 Å². The van der Waals surface area contributed by atoms with Gasteiger partial charge in [-0.3, -0.25) is 19.2 Å². The van der Waals surface area contributed by atoms with Crippen molar-refractivity contribution in [3.05, 3.63) is 155 Å². The van der Waals surface area contributed by atoms with E-state index >= 15 is 0 Å². The molecule has 0 aliphatic rings. The van der Waals surface area contributed by atoms with Crippen LogP contribution in [0.2, 0.25) is 0 Å². The fourth-order valence-electron chi connectivity index (χ4n) is 5.80. The van der Waals surface area contributed by atoms with Crippen molar-refractivity contribution in [2.75, 3.05) is 28.4 Å². The first-order valence-electron chi connectivity index (χ1n) is 17.6. The number of hydrogen-bond donors (Lipinski definition) is 0. The van der Waals surface area contributed by atoms with Crippen LogP contribution in [0.1, 0.15) is 33.4 Å². The fraction of sp³-hybridized carbons (Fsp3) is 0.273. The highest BCUT2D eigenvalue weighted by molar-refractivity contribution is 5.96. The molecule has 0 N–H and O–H groups in total. The van der Waals surface area contributed by atoms with Gasteiger partial charge in [0.1, 0.15) is 0 Å². The minimum absolute atomic E-state index is 0.149. The number of rotatable bonds is 14. The van der Waals surface area contributed by atoms with Crippen molar-refractivity contribution in [1.29, 1.82) is 0 Å². The first kappa shape index (κ1) is 46.2. The monoisotopic (exact) mass is 812 g/mol. The van der Waals surface area contributed by atoms with Crippen LogP contribution < -0.4 is 0 Å². The molecular formula is C44H42F6O8. The van der Waals surface area contributed by atoms with Crippen LogP contribution in [0.25, 0.3) is 12.2 Å². The molecule has 0 fully saturated rings. The number of ether oxygens (including phenoxy) is 4. The molecule has 0 amide bonds. The molecule has 4 aromatic carbocycles. The third kappa shape index (κ3) is 14.1. The maximum absolute atomic E-state index is 12.8. The Kier molecular flexibility index (Phi) is 17.5. The van der Waals surface area contributed by atoms with Crippen molar-refractivity contribution in [2.24, 2.45) is 23.7 Å². The van der Waals surface area contributed by atoms with Crippen LogP contribution in [0.15, 0.2) is 121 Å². The van der Waals surface area contributed by atoms with Crippen molar-refractivity contribution in [3.63, 3.8) is 0 Å². The number of hydrogen-bond acceptors (Lipinski definition) is 8. The second-order valence-corrected chi connectivity index (χ2v) is 12.7. The summed E-state index contributed by atoms with van der Waals surface area (Å²) in [5.41, 5.74) is 1.24. The van der Waals surface area contributed by atoms with Gasteiger partial charge in [0.15, 0.2) is 11.8 Å². The molecule has 0 saturated heterocycles. The summed E-state index contributed by atoms with van der Waals surface area (Å²) in [5.74, 6) is -6.92. The van der Waals surface area contributed by atoms with Gasteiger partial charge >= 0.3 is 36.2 Å². The standard InChI is InChI=1S/2C22H21F3O4/c2*1-28-20(26)19(21(27)29-2)17(11-8-15-6-4-3-5-7-15)14-16-9-12-18(13-10-16)22(23,24)25/h2*3-13,17,19H,14H2,1-2H3/b2*11-8+/t2*17-/m00/s1. The van der Waals surface area contributed by atoms with Crippen LogP contribution in [-0.4, -0.2) is 52.3 Å². The SMILES string of the molecule is COC(=O)C(C(=O)OC)[C@@H](/C=C/c1ccccc1)Cc1ccc(C(F)(F)F)cc1.COC(=O)C(C(=O)OC)[C@@H](/C=C/c1ccccc1)Cc1ccc(C(F)(F)F)cc1. The lowest BCUT2D eigenvalue weighted by Crippen LogP contribution is -2.33. The Hall–Kier alpha value is -6.18. The Bertz CT molecular complexity index is 1800. The van der Waals surface area contributed by atoms with E-state index in [-0.39, 0.29) is 12.8 Å². The minimum atomic E-state index is -4.44. The van der Waals surface area contributed by atoms with E-state index in [1.807, 2.05) is 60.7 Å². The molecule has 0 aliphatic heterocycles. The lowest BCUT2D eigenvalue weighted by Gasteiger charge is -2.21. The van der Waals surface area contributed by atoms with Gasteiger partial charge in [0.25, 0.3) is 0 Å². The first-order chi connectivity index (χ1) is 27.5. The summed E-state index contributed by atoms with van der Waals surface area (Å²) in [5, 5.41) is 0. The summed E-state index contributed by atoms with van der Waals surface area (Å²) in [6, 6.07) is 27.6. The maximum Gasteiger partial charge on any atom is 0.416 e. The summed E-state index contributed by atoms with van der Waals surface area (Å²) in [4.78, 5) is 48.9. The van der Waals surface area contributed by atoms with Gasteiger partial charge < -0.3 is 18.9 Å². The number of allylic oxidation sites excluding steroid dienone is 2. The second-order valence-electron chi connectivity index (χ2n) is 12.7. The van der Waals surface area contributed by atoms with Gasteiger partial charge in [-0.05, 0) is 59.4 Å². The third-order valence-corrected chi connectivity index (χ3v) is 8.85. The fourth-order valence-corrected chi connectivity index (χ4v) is 5.80. The zero-order valence-electron chi connectivity index (χ0n) is 32.0. The number of halogens is 6. The van der Waals surface area contributed by atoms with Gasteiger partial charge in [0.05, 0.1) is 39.6 Å². The lowest BCUT2D eigenvalue weighted by atomic mass is 9.85. The predicted molar refractivity (Wildman–Crippen MR) is 203 cm³/mol. The summed E-state index contributed by atoms with van der Waals surface area (Å²) >= 11 is 0. The summed E-state index contributed by atoms with van der Waals surface area (Å²) in [6.07, 6.45) is -1.75. The maximum atomic E-state index is 12.8. The highest BCUT2D eigenvalue weighted by Crippen LogP contribution is 2.32. The minimum Gasteiger partial charge on any atom is -0.468 e. The zero-order valence-corrected chi connectivity index (χ0v) is 32.0. The predicted octanol–water partition coefficient (Wildman–Crippen LogP) is 9.08. The van der Waals surface area contributed by atoms with Crippen LogP contribution in [0.3, 0.4) is 0 Å². The van der Waals surface area contributed by atoms with Crippen LogP contribution >= 0.6 is 0 Å². The van der Waals surface area contributed by atoms with Gasteiger partial charge in [-0.15, -0.1) is 0 Å². The van der Waals surface area contributed by atoms with E-state index in [0.717, 1.165) is 63.8 Å². The molecule has 308 valence electrons. The molecule has 0 unspecified atom stereocenters. The van der Waals surface area contributed by atoms with Gasteiger partial charge in [-0.25, -0.2) is 0 Å². The molecule has 2 atom stereocenters. The Morgan fingerprint density at radius 3 is 0.983 bits per heavy atom. The Balaban J connectivity index is 0.000000310. The van der Waals surface area contributed by atoms with Gasteiger partial charge in [-0.2, -0.15) is 26.3 Å². The van der Waals surface area contributed by atoms with E-state index in [9.17, 15) is 45.5 Å². The largest absolute Gasteiger partial charge is 0.468 e. The van der Waals surface area contributed by atoms with Crippen LogP contribution in [-0.2, 0) is 63.3 Å². The third-order valence-electron chi connectivity index (χ3n) is 8.85. The number of esters is 4. The summed E-state index contributed by atoms with van der Waals surface area (Å²) < 4.78 is 95.7. The zero-order chi connectivity index (χ0) is 42.9. The molecule has 0 aromatic heterocycles. The molecule has 4 aromatic rings. The molecule has 0 bridgehead atoms. The number of benzene rings is 4. The average molecular weight is 813 g/mol. The topological polar surface area (TPSA) is 105 Å². The molecule has 14 heteroatoms. The quantitative estimate of drug-likeness (QED) is 0.0538. The number of methoxy groups -OCH3 is 4. The summed E-state index contributed by atoms with van der Waals surface area (Å²) in [6.45, 7) is 0. The Morgan fingerprint density at radius 2 is 0.741 bits per heavy atom. The van der Waals surface area contributed by atoms with Crippen LogP contribution in [0.5, 0.6) is 0 Å². The lowest BCUT2D eigenvalue weighted by molar-refractivity contribution is -0.162. The first-order valence-corrected chi connectivity index (χ1v) is 17.6. The van der Waals surface area contributed by atoms with E-state index in [1.54, 1.807) is 24.3 Å². The Labute approximate surface area is 332 Å².